The zero-order valence-corrected chi connectivity index (χ0v) is 16.2. The number of benzene rings is 2. The van der Waals surface area contributed by atoms with Gasteiger partial charge in [-0.05, 0) is 62.6 Å². The van der Waals surface area contributed by atoms with Gasteiger partial charge in [-0.2, -0.15) is 10.1 Å². The van der Waals surface area contributed by atoms with E-state index >= 15 is 0 Å². The molecule has 0 saturated carbocycles. The molecule has 3 aromatic rings. The van der Waals surface area contributed by atoms with Gasteiger partial charge >= 0.3 is 0 Å². The SMILES string of the molecule is CCc1cccc(C)c1Nc1nncc(Nc2ccc(OC(C)C)cc2)n1. The summed E-state index contributed by atoms with van der Waals surface area (Å²) in [4.78, 5) is 4.52. The summed E-state index contributed by atoms with van der Waals surface area (Å²) in [6, 6.07) is 14.0. The average Bonchev–Trinajstić information content (AvgIpc) is 2.65. The summed E-state index contributed by atoms with van der Waals surface area (Å²) < 4.78 is 5.66. The zero-order chi connectivity index (χ0) is 19.2. The van der Waals surface area contributed by atoms with Crippen molar-refractivity contribution in [2.45, 2.75) is 40.2 Å². The molecule has 1 aromatic heterocycles. The molecular formula is C21H25N5O. The van der Waals surface area contributed by atoms with Gasteiger partial charge in [-0.3, -0.25) is 0 Å². The fraction of sp³-hybridized carbons (Fsp3) is 0.286. The van der Waals surface area contributed by atoms with Crippen molar-refractivity contribution in [1.82, 2.24) is 15.2 Å². The Morgan fingerprint density at radius 3 is 2.52 bits per heavy atom. The first-order valence-corrected chi connectivity index (χ1v) is 9.14. The Balaban J connectivity index is 1.74. The Hall–Kier alpha value is -3.15. The number of aromatic nitrogens is 3. The van der Waals surface area contributed by atoms with Gasteiger partial charge in [0, 0.05) is 11.4 Å². The molecule has 0 aliphatic rings. The second-order valence-corrected chi connectivity index (χ2v) is 6.57. The van der Waals surface area contributed by atoms with Gasteiger partial charge in [0.2, 0.25) is 5.95 Å². The van der Waals surface area contributed by atoms with E-state index in [9.17, 15) is 0 Å². The Bertz CT molecular complexity index is 893. The van der Waals surface area contributed by atoms with Gasteiger partial charge in [0.1, 0.15) is 5.75 Å². The Morgan fingerprint density at radius 1 is 1.04 bits per heavy atom. The van der Waals surface area contributed by atoms with Gasteiger partial charge in [0.05, 0.1) is 12.3 Å². The van der Waals surface area contributed by atoms with E-state index in [1.165, 1.54) is 5.56 Å². The minimum Gasteiger partial charge on any atom is -0.491 e. The minimum atomic E-state index is 0.151. The highest BCUT2D eigenvalue weighted by Crippen LogP contribution is 2.25. The van der Waals surface area contributed by atoms with Crippen LogP contribution in [0.4, 0.5) is 23.1 Å². The predicted octanol–water partition coefficient (Wildman–Crippen LogP) is 5.02. The van der Waals surface area contributed by atoms with E-state index in [0.29, 0.717) is 11.8 Å². The average molecular weight is 363 g/mol. The fourth-order valence-electron chi connectivity index (χ4n) is 2.77. The number of rotatable bonds is 7. The molecule has 0 amide bonds. The molecule has 3 rings (SSSR count). The van der Waals surface area contributed by atoms with Crippen molar-refractivity contribution in [2.75, 3.05) is 10.6 Å². The predicted molar refractivity (Wildman–Crippen MR) is 109 cm³/mol. The van der Waals surface area contributed by atoms with Crippen LogP contribution in [-0.4, -0.2) is 21.3 Å². The number of para-hydroxylation sites is 1. The maximum atomic E-state index is 5.66. The molecule has 27 heavy (non-hydrogen) atoms. The van der Waals surface area contributed by atoms with Crippen molar-refractivity contribution in [3.05, 3.63) is 59.8 Å². The number of aryl methyl sites for hydroxylation is 2. The third-order valence-corrected chi connectivity index (χ3v) is 4.03. The molecule has 0 atom stereocenters. The van der Waals surface area contributed by atoms with Crippen LogP contribution in [0.3, 0.4) is 0 Å². The maximum Gasteiger partial charge on any atom is 0.249 e. The minimum absolute atomic E-state index is 0.151. The first-order chi connectivity index (χ1) is 13.0. The van der Waals surface area contributed by atoms with Crippen molar-refractivity contribution < 1.29 is 4.74 Å². The van der Waals surface area contributed by atoms with E-state index in [4.69, 9.17) is 4.74 Å². The fourth-order valence-corrected chi connectivity index (χ4v) is 2.77. The van der Waals surface area contributed by atoms with Crippen LogP contribution in [0, 0.1) is 6.92 Å². The van der Waals surface area contributed by atoms with Gasteiger partial charge in [-0.25, -0.2) is 0 Å². The lowest BCUT2D eigenvalue weighted by Crippen LogP contribution is -2.06. The van der Waals surface area contributed by atoms with Crippen molar-refractivity contribution >= 4 is 23.1 Å². The highest BCUT2D eigenvalue weighted by molar-refractivity contribution is 5.64. The highest BCUT2D eigenvalue weighted by Gasteiger charge is 2.08. The Morgan fingerprint density at radius 2 is 1.81 bits per heavy atom. The van der Waals surface area contributed by atoms with Crippen LogP contribution >= 0.6 is 0 Å². The van der Waals surface area contributed by atoms with Crippen molar-refractivity contribution in [3.8, 4) is 5.75 Å². The molecule has 0 saturated heterocycles. The Kier molecular flexibility index (Phi) is 5.86. The molecule has 0 fully saturated rings. The molecule has 140 valence electrons. The van der Waals surface area contributed by atoms with Gasteiger partial charge in [-0.15, -0.1) is 5.10 Å². The topological polar surface area (TPSA) is 72.0 Å². The van der Waals surface area contributed by atoms with Gasteiger partial charge in [0.25, 0.3) is 0 Å². The lowest BCUT2D eigenvalue weighted by Gasteiger charge is -2.13. The summed E-state index contributed by atoms with van der Waals surface area (Å²) in [7, 11) is 0. The third-order valence-electron chi connectivity index (χ3n) is 4.03. The molecule has 1 heterocycles. The molecule has 6 heteroatoms. The lowest BCUT2D eigenvalue weighted by atomic mass is 10.1. The quantitative estimate of drug-likeness (QED) is 0.614. The van der Waals surface area contributed by atoms with Crippen LogP contribution < -0.4 is 15.4 Å². The number of ether oxygens (including phenoxy) is 1. The molecule has 2 N–H and O–H groups in total. The van der Waals surface area contributed by atoms with E-state index in [0.717, 1.165) is 29.1 Å². The molecule has 0 unspecified atom stereocenters. The van der Waals surface area contributed by atoms with Crippen LogP contribution in [0.15, 0.2) is 48.7 Å². The summed E-state index contributed by atoms with van der Waals surface area (Å²) in [5.74, 6) is 1.92. The first-order valence-electron chi connectivity index (χ1n) is 9.14. The van der Waals surface area contributed by atoms with Gasteiger partial charge < -0.3 is 15.4 Å². The molecule has 0 spiro atoms. The normalized spacial score (nSPS) is 10.7. The van der Waals surface area contributed by atoms with Crippen LogP contribution in [-0.2, 0) is 6.42 Å². The lowest BCUT2D eigenvalue weighted by molar-refractivity contribution is 0.242. The monoisotopic (exact) mass is 363 g/mol. The summed E-state index contributed by atoms with van der Waals surface area (Å²) >= 11 is 0. The smallest absolute Gasteiger partial charge is 0.249 e. The van der Waals surface area contributed by atoms with Crippen LogP contribution in [0.25, 0.3) is 0 Å². The Labute approximate surface area is 160 Å². The second kappa shape index (κ2) is 8.49. The molecule has 0 aliphatic carbocycles. The van der Waals surface area contributed by atoms with E-state index in [1.807, 2.05) is 38.1 Å². The van der Waals surface area contributed by atoms with Crippen LogP contribution in [0.1, 0.15) is 31.9 Å². The van der Waals surface area contributed by atoms with E-state index in [1.54, 1.807) is 6.20 Å². The summed E-state index contributed by atoms with van der Waals surface area (Å²) in [5.41, 5.74) is 4.31. The van der Waals surface area contributed by atoms with Crippen molar-refractivity contribution in [2.24, 2.45) is 0 Å². The standard InChI is InChI=1S/C21H25N5O/c1-5-16-8-6-7-15(4)20(16)25-21-24-19(13-22-26-21)23-17-9-11-18(12-10-17)27-14(2)3/h6-14H,5H2,1-4H3,(H2,23,24,25,26). The zero-order valence-electron chi connectivity index (χ0n) is 16.2. The second-order valence-electron chi connectivity index (χ2n) is 6.57. The van der Waals surface area contributed by atoms with Crippen molar-refractivity contribution in [1.29, 1.82) is 0 Å². The summed E-state index contributed by atoms with van der Waals surface area (Å²) in [5, 5.41) is 14.7. The molecule has 0 radical (unpaired) electrons. The summed E-state index contributed by atoms with van der Waals surface area (Å²) in [6.45, 7) is 8.21. The van der Waals surface area contributed by atoms with Gasteiger partial charge in [0.15, 0.2) is 5.82 Å². The number of nitrogens with one attached hydrogen (secondary N) is 2. The molecule has 0 bridgehead atoms. The molecule has 6 nitrogen and oxygen atoms in total. The van der Waals surface area contributed by atoms with E-state index < -0.39 is 0 Å². The molecular weight excluding hydrogens is 338 g/mol. The van der Waals surface area contributed by atoms with Gasteiger partial charge in [-0.1, -0.05) is 25.1 Å². The molecule has 0 aliphatic heterocycles. The van der Waals surface area contributed by atoms with Crippen LogP contribution in [0.5, 0.6) is 5.75 Å². The third kappa shape index (κ3) is 4.94. The van der Waals surface area contributed by atoms with Crippen LogP contribution in [0.2, 0.25) is 0 Å². The van der Waals surface area contributed by atoms with Crippen molar-refractivity contribution in [3.63, 3.8) is 0 Å². The number of anilines is 4. The first kappa shape index (κ1) is 18.6. The summed E-state index contributed by atoms with van der Waals surface area (Å²) in [6.07, 6.45) is 2.68. The van der Waals surface area contributed by atoms with E-state index in [2.05, 4.69) is 57.9 Å². The highest BCUT2D eigenvalue weighted by atomic mass is 16.5. The van der Waals surface area contributed by atoms with E-state index in [-0.39, 0.29) is 6.10 Å². The number of nitrogens with zero attached hydrogens (tertiary/aromatic N) is 3. The largest absolute Gasteiger partial charge is 0.491 e. The molecule has 2 aromatic carbocycles. The number of hydrogen-bond acceptors (Lipinski definition) is 6. The maximum absolute atomic E-state index is 5.66. The number of hydrogen-bond donors (Lipinski definition) is 2.